The summed E-state index contributed by atoms with van der Waals surface area (Å²) in [5.74, 6) is -20.0. The smallest absolute Gasteiger partial charge is 0.316 e. The summed E-state index contributed by atoms with van der Waals surface area (Å²) >= 11 is 0. The Balaban J connectivity index is 0.00000185. The van der Waals surface area contributed by atoms with Crippen molar-refractivity contribution < 1.29 is 90.5 Å². The van der Waals surface area contributed by atoms with E-state index in [2.05, 4.69) is 4.74 Å². The number of hydrogen-bond donors (Lipinski definition) is 1. The topological polar surface area (TPSA) is 222 Å². The zero-order chi connectivity index (χ0) is 74.5. The van der Waals surface area contributed by atoms with Gasteiger partial charge in [-0.3, -0.25) is 48.2 Å². The first-order chi connectivity index (χ1) is 44.5. The van der Waals surface area contributed by atoms with E-state index in [1.54, 1.807) is 49.8 Å². The number of carbonyl (C=O) groups excluding carboxylic acids is 7. The van der Waals surface area contributed by atoms with Gasteiger partial charge in [0.25, 0.3) is 0 Å². The highest BCUT2D eigenvalue weighted by molar-refractivity contribution is 5.93. The minimum absolute atomic E-state index is 0. The summed E-state index contributed by atoms with van der Waals surface area (Å²) in [5, 5.41) is 9.57. The number of carboxylic acid groups (broad SMARTS) is 1. The largest absolute Gasteiger partial charge is 0.481 e. The van der Waals surface area contributed by atoms with Crippen LogP contribution in [0.4, 0.5) is 22.0 Å². The fourth-order valence-electron chi connectivity index (χ4n) is 12.6. The molecule has 2 saturated heterocycles. The van der Waals surface area contributed by atoms with E-state index in [0.717, 1.165) is 12.8 Å². The summed E-state index contributed by atoms with van der Waals surface area (Å²) in [6, 6.07) is -2.00. The van der Waals surface area contributed by atoms with Crippen molar-refractivity contribution in [3.63, 3.8) is 0 Å². The summed E-state index contributed by atoms with van der Waals surface area (Å²) in [6.45, 7) is 29.0. The molecule has 2 heterocycles. The van der Waals surface area contributed by atoms with Crippen LogP contribution < -0.4 is 4.74 Å². The van der Waals surface area contributed by atoms with Crippen molar-refractivity contribution in [3.8, 4) is 5.75 Å². The van der Waals surface area contributed by atoms with Crippen LogP contribution in [-0.2, 0) is 57.3 Å². The minimum atomic E-state index is -2.39. The molecule has 0 radical (unpaired) electrons. The van der Waals surface area contributed by atoms with Gasteiger partial charge in [-0.15, -0.1) is 0 Å². The van der Waals surface area contributed by atoms with E-state index in [0.29, 0.717) is 39.1 Å². The molecule has 3 rings (SSSR count). The van der Waals surface area contributed by atoms with Crippen molar-refractivity contribution >= 4 is 47.1 Å². The molecule has 0 saturated carbocycles. The monoisotopic (exact) mass is 1380 g/mol. The van der Waals surface area contributed by atoms with Gasteiger partial charge in [-0.25, -0.2) is 13.2 Å². The first-order valence-corrected chi connectivity index (χ1v) is 33.4. The second-order valence-electron chi connectivity index (χ2n) is 27.7. The predicted molar refractivity (Wildman–Crippen MR) is 361 cm³/mol. The zero-order valence-corrected chi connectivity index (χ0v) is 61.8. The number of methoxy groups -OCH3 is 4. The molecular formula is C71H123F5N6O14. The number of amides is 4. The maximum atomic E-state index is 14.3. The molecule has 14 atom stereocenters. The van der Waals surface area contributed by atoms with Crippen LogP contribution >= 0.6 is 0 Å². The highest BCUT2D eigenvalue weighted by Gasteiger charge is 2.47. The van der Waals surface area contributed by atoms with Crippen LogP contribution in [0.1, 0.15) is 184 Å². The Hall–Kier alpha value is -5.21. The summed E-state index contributed by atoms with van der Waals surface area (Å²) in [6.07, 6.45) is 0.771. The van der Waals surface area contributed by atoms with Crippen molar-refractivity contribution in [2.24, 2.45) is 47.3 Å². The quantitative estimate of drug-likeness (QED) is 0.0219. The van der Waals surface area contributed by atoms with Gasteiger partial charge in [-0.05, 0) is 119 Å². The molecule has 25 heteroatoms. The van der Waals surface area contributed by atoms with E-state index >= 15 is 0 Å². The number of benzene rings is 1. The van der Waals surface area contributed by atoms with Gasteiger partial charge in [-0.2, -0.15) is 8.78 Å². The van der Waals surface area contributed by atoms with Crippen molar-refractivity contribution in [3.05, 3.63) is 29.1 Å². The Labute approximate surface area is 573 Å². The number of carbonyl (C=O) groups is 8. The fourth-order valence-corrected chi connectivity index (χ4v) is 12.6. The van der Waals surface area contributed by atoms with Crippen molar-refractivity contribution in [2.75, 3.05) is 83.8 Å². The number of carboxylic acids is 1. The van der Waals surface area contributed by atoms with E-state index in [-0.39, 0.29) is 105 Å². The maximum absolute atomic E-state index is 14.3. The lowest BCUT2D eigenvalue weighted by atomic mass is 9.82. The van der Waals surface area contributed by atoms with Gasteiger partial charge in [0.2, 0.25) is 58.5 Å². The molecule has 556 valence electrons. The number of rotatable bonds is 35. The average molecular weight is 1380 g/mol. The molecule has 0 bridgehead atoms. The summed E-state index contributed by atoms with van der Waals surface area (Å²) in [7, 11) is 16.5. The number of Topliss-reactive ketones (excluding diaryl/α,β-unsaturated/α-hetero) is 2. The van der Waals surface area contributed by atoms with Crippen molar-refractivity contribution in [1.82, 2.24) is 29.4 Å². The Bertz CT molecular complexity index is 2680. The third kappa shape index (κ3) is 22.4. The molecule has 2 aliphatic rings. The molecule has 20 nitrogen and oxygen atoms in total. The Morgan fingerprint density at radius 1 is 0.552 bits per heavy atom. The van der Waals surface area contributed by atoms with Gasteiger partial charge >= 0.3 is 11.9 Å². The molecule has 2 aliphatic heterocycles. The van der Waals surface area contributed by atoms with E-state index in [9.17, 15) is 65.4 Å². The van der Waals surface area contributed by atoms with Crippen molar-refractivity contribution in [2.45, 2.75) is 242 Å². The predicted octanol–water partition coefficient (Wildman–Crippen LogP) is 11.0. The number of likely N-dealkylation sites (tertiary alicyclic amines) is 2. The van der Waals surface area contributed by atoms with Crippen LogP contribution in [0.2, 0.25) is 0 Å². The van der Waals surface area contributed by atoms with Crippen LogP contribution in [0.15, 0.2) is 0 Å². The van der Waals surface area contributed by atoms with Crippen LogP contribution in [0.3, 0.4) is 0 Å². The normalized spacial score (nSPS) is 19.0. The molecular weight excluding hydrogens is 1260 g/mol. The summed E-state index contributed by atoms with van der Waals surface area (Å²) < 4.78 is 103. The molecule has 1 N–H and O–H groups in total. The number of esters is 1. The van der Waals surface area contributed by atoms with Crippen LogP contribution in [-0.4, -0.2) is 225 Å². The molecule has 0 aromatic heterocycles. The molecule has 1 aromatic carbocycles. The summed E-state index contributed by atoms with van der Waals surface area (Å²) in [4.78, 5) is 117. The SMILES string of the molecule is C.CC[C@H](C)[C@@H]([C@@H](CC(=O)N1CCC[C@H]1[C@H](OC)[C@@H](C)C(=O)O)OC)N(C)C(=O)[C@@H](CC(=O)C(C)(C)N(C)C)C(C)C.CC[C@H](C)[C@@H]([C@@H](CC(=O)N1CCC[C@H]1[C@H](OC)[C@@H](C)C(=O)Oc1c(F)c(F)c(F)c(F)c1F)OC)N(C)C(=O)[C@@H](CC(=O)C(C)(C)N(C)C)C(C)C.[2H]CC. The molecule has 0 unspecified atom stereocenters. The standard InChI is InChI=1S/C37H56F5N3O7.C31H57N3O7.C2H6.CH4/c1-13-20(4)32(44(10)35(48)22(19(2)3)17-25(46)37(6,7)43(8)9)24(50-11)18-26(47)45-16-14-15-23(45)33(51-12)21(5)36(49)52-34-30(41)28(39)27(38)29(40)31(34)42;1-13-20(4)27(33(10)29(37)22(19(2)3)17-25(35)31(6,7)32(8)9)24(40-11)18-26(36)34-16-14-15-23(34)28(41-12)21(5)30(38)39;1-2;/h19-24,32-33H,13-18H2,1-12H3;19-24,27-28H,13-18H2,1-12H3,(H,38,39);1-2H3;1H4/t20-,21+,22-,23-,24+,32-,33+;20-,21+,22-,23-,24+,27-,28+;;/m00../s1/i;;1D;. The average Bonchev–Trinajstić information content (AvgIpc) is 1.40. The number of likely N-dealkylation sites (N-methyl/N-ethyl adjacent to an activating group) is 4. The lowest BCUT2D eigenvalue weighted by molar-refractivity contribution is -0.152. The Morgan fingerprint density at radius 2 is 0.865 bits per heavy atom. The second-order valence-corrected chi connectivity index (χ2v) is 27.7. The van der Waals surface area contributed by atoms with Gasteiger partial charge in [0.05, 0.1) is 84.3 Å². The second kappa shape index (κ2) is 40.8. The molecule has 2 fully saturated rings. The fraction of sp³-hybridized carbons (Fsp3) is 0.803. The highest BCUT2D eigenvalue weighted by Crippen LogP contribution is 2.36. The van der Waals surface area contributed by atoms with E-state index in [4.69, 9.17) is 20.3 Å². The van der Waals surface area contributed by atoms with Crippen LogP contribution in [0, 0.1) is 76.4 Å². The Morgan fingerprint density at radius 3 is 1.14 bits per heavy atom. The molecule has 0 aliphatic carbocycles. The van der Waals surface area contributed by atoms with Gasteiger partial charge in [0, 0.05) is 81.7 Å². The van der Waals surface area contributed by atoms with Gasteiger partial charge in [0.1, 0.15) is 0 Å². The van der Waals surface area contributed by atoms with E-state index in [1.807, 2.05) is 121 Å². The van der Waals surface area contributed by atoms with E-state index in [1.165, 1.54) is 33.2 Å². The van der Waals surface area contributed by atoms with Crippen LogP contribution in [0.5, 0.6) is 5.75 Å². The summed E-state index contributed by atoms with van der Waals surface area (Å²) in [5.41, 5.74) is -1.48. The molecule has 4 amide bonds. The lowest BCUT2D eigenvalue weighted by Gasteiger charge is -2.41. The zero-order valence-electron chi connectivity index (χ0n) is 62.8. The van der Waals surface area contributed by atoms with Crippen LogP contribution in [0.25, 0.3) is 0 Å². The Kier molecular flexibility index (Phi) is 37.7. The molecule has 1 aromatic rings. The molecule has 0 spiro atoms. The van der Waals surface area contributed by atoms with Gasteiger partial charge < -0.3 is 48.4 Å². The third-order valence-electron chi connectivity index (χ3n) is 20.5. The maximum Gasteiger partial charge on any atom is 0.316 e. The lowest BCUT2D eigenvalue weighted by Crippen LogP contribution is -2.54. The first-order valence-electron chi connectivity index (χ1n) is 34.1. The van der Waals surface area contributed by atoms with Gasteiger partial charge in [-0.1, -0.05) is 89.5 Å². The molecule has 96 heavy (non-hydrogen) atoms. The number of ether oxygens (including phenoxy) is 5. The number of halogens is 5. The van der Waals surface area contributed by atoms with Gasteiger partial charge in [0.15, 0.2) is 11.6 Å². The number of ketones is 2. The van der Waals surface area contributed by atoms with Crippen molar-refractivity contribution in [1.29, 1.82) is 0 Å². The van der Waals surface area contributed by atoms with E-state index < -0.39 is 124 Å². The number of hydrogen-bond acceptors (Lipinski definition) is 15. The minimum Gasteiger partial charge on any atom is -0.481 e. The number of nitrogens with zero attached hydrogens (tertiary/aromatic N) is 6. The third-order valence-corrected chi connectivity index (χ3v) is 20.5. The highest BCUT2D eigenvalue weighted by atomic mass is 19.2. The first kappa shape index (κ1) is 88.8. The number of aliphatic carboxylic acids is 1.